The van der Waals surface area contributed by atoms with Crippen LogP contribution < -0.4 is 4.90 Å². The van der Waals surface area contributed by atoms with Gasteiger partial charge in [-0.05, 0) is 6.92 Å². The van der Waals surface area contributed by atoms with Gasteiger partial charge < -0.3 is 4.90 Å². The van der Waals surface area contributed by atoms with Crippen LogP contribution in [0.1, 0.15) is 12.1 Å². The van der Waals surface area contributed by atoms with Crippen LogP contribution in [0.4, 0.5) is 5.82 Å². The van der Waals surface area contributed by atoms with Gasteiger partial charge in [0.25, 0.3) is 0 Å². The SMILES string of the molecule is Cc1cc(N2CCC(=O)C2)nn1C. The van der Waals surface area contributed by atoms with E-state index in [1.165, 1.54) is 0 Å². The molecule has 4 nitrogen and oxygen atoms in total. The molecule has 13 heavy (non-hydrogen) atoms. The minimum Gasteiger partial charge on any atom is -0.347 e. The number of ketones is 1. The zero-order valence-electron chi connectivity index (χ0n) is 7.95. The van der Waals surface area contributed by atoms with E-state index in [9.17, 15) is 4.79 Å². The molecule has 0 saturated carbocycles. The van der Waals surface area contributed by atoms with Crippen LogP contribution in [0.3, 0.4) is 0 Å². The van der Waals surface area contributed by atoms with Crippen LogP contribution in [0.5, 0.6) is 0 Å². The molecule has 0 aromatic carbocycles. The molecule has 0 radical (unpaired) electrons. The summed E-state index contributed by atoms with van der Waals surface area (Å²) in [6.45, 7) is 3.35. The van der Waals surface area contributed by atoms with E-state index in [-0.39, 0.29) is 0 Å². The first kappa shape index (κ1) is 8.29. The Bertz CT molecular complexity index is 323. The summed E-state index contributed by atoms with van der Waals surface area (Å²) in [5.74, 6) is 1.23. The second kappa shape index (κ2) is 2.87. The van der Waals surface area contributed by atoms with Gasteiger partial charge in [-0.2, -0.15) is 5.10 Å². The van der Waals surface area contributed by atoms with Gasteiger partial charge in [-0.15, -0.1) is 0 Å². The van der Waals surface area contributed by atoms with Crippen LogP contribution in [-0.4, -0.2) is 28.7 Å². The molecule has 1 aliphatic rings. The monoisotopic (exact) mass is 179 g/mol. The van der Waals surface area contributed by atoms with Crippen molar-refractivity contribution in [1.82, 2.24) is 9.78 Å². The van der Waals surface area contributed by atoms with E-state index in [4.69, 9.17) is 0 Å². The van der Waals surface area contributed by atoms with Crippen LogP contribution in [0.2, 0.25) is 0 Å². The average Bonchev–Trinajstić information content (AvgIpc) is 2.61. The first-order valence-corrected chi connectivity index (χ1v) is 4.44. The number of nitrogens with zero attached hydrogens (tertiary/aromatic N) is 3. The molecule has 1 fully saturated rings. The van der Waals surface area contributed by atoms with E-state index >= 15 is 0 Å². The molecule has 1 aromatic heterocycles. The first-order valence-electron chi connectivity index (χ1n) is 4.44. The maximum atomic E-state index is 11.0. The van der Waals surface area contributed by atoms with Gasteiger partial charge in [0.05, 0.1) is 6.54 Å². The van der Waals surface area contributed by atoms with Crippen molar-refractivity contribution in [2.45, 2.75) is 13.3 Å². The van der Waals surface area contributed by atoms with Gasteiger partial charge in [0.15, 0.2) is 11.6 Å². The average molecular weight is 179 g/mol. The van der Waals surface area contributed by atoms with Gasteiger partial charge in [0.2, 0.25) is 0 Å². The zero-order chi connectivity index (χ0) is 9.42. The lowest BCUT2D eigenvalue weighted by Crippen LogP contribution is -2.20. The number of carbonyl (C=O) groups is 1. The number of hydrogen-bond donors (Lipinski definition) is 0. The summed E-state index contributed by atoms with van der Waals surface area (Å²) in [6.07, 6.45) is 0.662. The lowest BCUT2D eigenvalue weighted by atomic mass is 10.4. The summed E-state index contributed by atoms with van der Waals surface area (Å²) in [4.78, 5) is 13.1. The maximum Gasteiger partial charge on any atom is 0.153 e. The molecule has 4 heteroatoms. The van der Waals surface area contributed by atoms with E-state index in [0.29, 0.717) is 18.7 Å². The Hall–Kier alpha value is -1.32. The van der Waals surface area contributed by atoms with E-state index in [1.54, 1.807) is 0 Å². The number of hydrogen-bond acceptors (Lipinski definition) is 3. The summed E-state index contributed by atoms with van der Waals surface area (Å²) in [6, 6.07) is 2.01. The van der Waals surface area contributed by atoms with E-state index in [2.05, 4.69) is 5.10 Å². The van der Waals surface area contributed by atoms with Gasteiger partial charge in [0.1, 0.15) is 0 Å². The van der Waals surface area contributed by atoms with E-state index < -0.39 is 0 Å². The standard InChI is InChI=1S/C9H13N3O/c1-7-5-9(10-11(7)2)12-4-3-8(13)6-12/h5H,3-4,6H2,1-2H3. The van der Waals surface area contributed by atoms with Crippen LogP contribution in [0, 0.1) is 6.92 Å². The van der Waals surface area contributed by atoms with Crippen molar-refractivity contribution in [2.24, 2.45) is 7.05 Å². The maximum absolute atomic E-state index is 11.0. The van der Waals surface area contributed by atoms with Crippen LogP contribution in [-0.2, 0) is 11.8 Å². The second-order valence-corrected chi connectivity index (χ2v) is 3.48. The Morgan fingerprint density at radius 1 is 1.54 bits per heavy atom. The van der Waals surface area contributed by atoms with Gasteiger partial charge in [-0.1, -0.05) is 0 Å². The molecule has 0 N–H and O–H groups in total. The molecule has 1 saturated heterocycles. The Morgan fingerprint density at radius 2 is 2.31 bits per heavy atom. The van der Waals surface area contributed by atoms with Crippen molar-refractivity contribution in [2.75, 3.05) is 18.0 Å². The highest BCUT2D eigenvalue weighted by Gasteiger charge is 2.21. The smallest absolute Gasteiger partial charge is 0.153 e. The van der Waals surface area contributed by atoms with Crippen molar-refractivity contribution >= 4 is 11.6 Å². The third-order valence-corrected chi connectivity index (χ3v) is 2.45. The van der Waals surface area contributed by atoms with Gasteiger partial charge >= 0.3 is 0 Å². The summed E-state index contributed by atoms with van der Waals surface area (Å²) in [5, 5.41) is 4.32. The highest BCUT2D eigenvalue weighted by atomic mass is 16.1. The molecule has 1 aliphatic heterocycles. The fourth-order valence-corrected chi connectivity index (χ4v) is 1.52. The van der Waals surface area contributed by atoms with Crippen molar-refractivity contribution in [3.63, 3.8) is 0 Å². The quantitative estimate of drug-likeness (QED) is 0.630. The normalized spacial score (nSPS) is 17.1. The Labute approximate surface area is 77.1 Å². The zero-order valence-corrected chi connectivity index (χ0v) is 7.95. The van der Waals surface area contributed by atoms with Crippen molar-refractivity contribution in [1.29, 1.82) is 0 Å². The fraction of sp³-hybridized carbons (Fsp3) is 0.556. The Morgan fingerprint density at radius 3 is 2.77 bits per heavy atom. The molecule has 1 aromatic rings. The lowest BCUT2D eigenvalue weighted by Gasteiger charge is -2.11. The van der Waals surface area contributed by atoms with Crippen LogP contribution in [0.15, 0.2) is 6.07 Å². The molecule has 0 amide bonds. The third-order valence-electron chi connectivity index (χ3n) is 2.45. The Kier molecular flexibility index (Phi) is 1.83. The van der Waals surface area contributed by atoms with Gasteiger partial charge in [-0.3, -0.25) is 9.48 Å². The summed E-state index contributed by atoms with van der Waals surface area (Å²) in [5.41, 5.74) is 1.12. The number of carbonyl (C=O) groups excluding carboxylic acids is 1. The molecule has 2 rings (SSSR count). The van der Waals surface area contributed by atoms with Gasteiger partial charge in [-0.25, -0.2) is 0 Å². The van der Waals surface area contributed by atoms with Gasteiger partial charge in [0, 0.05) is 31.8 Å². The van der Waals surface area contributed by atoms with E-state index in [1.807, 2.05) is 29.6 Å². The number of aromatic nitrogens is 2. The number of anilines is 1. The molecule has 0 aliphatic carbocycles. The third kappa shape index (κ3) is 1.43. The molecule has 0 unspecified atom stereocenters. The van der Waals surface area contributed by atoms with Crippen LogP contribution in [0.25, 0.3) is 0 Å². The molecular formula is C9H13N3O. The highest BCUT2D eigenvalue weighted by Crippen LogP contribution is 2.17. The predicted octanol–water partition coefficient (Wildman–Crippen LogP) is 0.508. The minimum atomic E-state index is 0.309. The largest absolute Gasteiger partial charge is 0.347 e. The van der Waals surface area contributed by atoms with Crippen LogP contribution >= 0.6 is 0 Å². The summed E-state index contributed by atoms with van der Waals surface area (Å²) in [7, 11) is 1.91. The van der Waals surface area contributed by atoms with E-state index in [0.717, 1.165) is 18.1 Å². The minimum absolute atomic E-state index is 0.309. The molecule has 70 valence electrons. The molecular weight excluding hydrogens is 166 g/mol. The molecule has 0 atom stereocenters. The second-order valence-electron chi connectivity index (χ2n) is 3.48. The molecule has 0 bridgehead atoms. The fourth-order valence-electron chi connectivity index (χ4n) is 1.52. The van der Waals surface area contributed by atoms with Crippen molar-refractivity contribution in [3.05, 3.63) is 11.8 Å². The number of rotatable bonds is 1. The summed E-state index contributed by atoms with van der Waals surface area (Å²) >= 11 is 0. The summed E-state index contributed by atoms with van der Waals surface area (Å²) < 4.78 is 1.83. The molecule has 0 spiro atoms. The van der Waals surface area contributed by atoms with Crippen molar-refractivity contribution < 1.29 is 4.79 Å². The predicted molar refractivity (Wildman–Crippen MR) is 49.8 cm³/mol. The Balaban J connectivity index is 2.21. The first-order chi connectivity index (χ1) is 6.16. The highest BCUT2D eigenvalue weighted by molar-refractivity contribution is 5.86. The lowest BCUT2D eigenvalue weighted by molar-refractivity contribution is -0.116. The topological polar surface area (TPSA) is 38.1 Å². The van der Waals surface area contributed by atoms with Crippen molar-refractivity contribution in [3.8, 4) is 0 Å². The number of Topliss-reactive ketones (excluding diaryl/α,β-unsaturated/α-hetero) is 1. The number of aryl methyl sites for hydroxylation is 2. The molecule has 2 heterocycles.